The lowest BCUT2D eigenvalue weighted by molar-refractivity contribution is 0.601. The number of nitrogens with two attached hydrogens (primary N) is 1. The molecule has 0 saturated heterocycles. The normalized spacial score (nSPS) is 11.4. The Balaban J connectivity index is 2.38. The van der Waals surface area contributed by atoms with Gasteiger partial charge in [-0.3, -0.25) is 4.72 Å². The average molecular weight is 369 g/mol. The molecule has 0 spiro atoms. The summed E-state index contributed by atoms with van der Waals surface area (Å²) in [5.41, 5.74) is 8.12. The summed E-state index contributed by atoms with van der Waals surface area (Å²) in [7, 11) is -3.63. The monoisotopic (exact) mass is 368 g/mol. The SMILES string of the molecule is CCc1ccc(S(=O)(=O)Nc2ccccc2Br)cc1CN. The maximum atomic E-state index is 12.4. The van der Waals surface area contributed by atoms with Gasteiger partial charge in [0.05, 0.1) is 10.6 Å². The van der Waals surface area contributed by atoms with Crippen molar-refractivity contribution in [2.75, 3.05) is 4.72 Å². The first-order valence-electron chi connectivity index (χ1n) is 6.57. The second-order valence-electron chi connectivity index (χ2n) is 4.57. The molecule has 2 aromatic rings. The van der Waals surface area contributed by atoms with E-state index >= 15 is 0 Å². The van der Waals surface area contributed by atoms with Gasteiger partial charge in [-0.2, -0.15) is 0 Å². The van der Waals surface area contributed by atoms with Gasteiger partial charge in [0.2, 0.25) is 0 Å². The third-order valence-corrected chi connectivity index (χ3v) is 5.26. The highest BCUT2D eigenvalue weighted by atomic mass is 79.9. The molecule has 0 atom stereocenters. The molecular formula is C15H17BrN2O2S. The van der Waals surface area contributed by atoms with E-state index in [0.29, 0.717) is 16.7 Å². The smallest absolute Gasteiger partial charge is 0.261 e. The van der Waals surface area contributed by atoms with Crippen molar-refractivity contribution in [2.45, 2.75) is 24.8 Å². The van der Waals surface area contributed by atoms with Gasteiger partial charge in [0.1, 0.15) is 0 Å². The zero-order valence-corrected chi connectivity index (χ0v) is 14.0. The molecule has 0 heterocycles. The third kappa shape index (κ3) is 3.64. The minimum Gasteiger partial charge on any atom is -0.326 e. The Bertz CT molecular complexity index is 745. The number of aryl methyl sites for hydroxylation is 1. The van der Waals surface area contributed by atoms with E-state index in [9.17, 15) is 8.42 Å². The van der Waals surface area contributed by atoms with E-state index in [2.05, 4.69) is 20.7 Å². The van der Waals surface area contributed by atoms with E-state index in [0.717, 1.165) is 17.5 Å². The highest BCUT2D eigenvalue weighted by Crippen LogP contribution is 2.25. The van der Waals surface area contributed by atoms with Crippen molar-refractivity contribution in [3.8, 4) is 0 Å². The van der Waals surface area contributed by atoms with Crippen LogP contribution < -0.4 is 10.5 Å². The third-order valence-electron chi connectivity index (χ3n) is 3.21. The first kappa shape index (κ1) is 16.0. The Morgan fingerprint density at radius 3 is 2.48 bits per heavy atom. The average Bonchev–Trinajstić information content (AvgIpc) is 2.48. The topological polar surface area (TPSA) is 72.2 Å². The van der Waals surface area contributed by atoms with Crippen molar-refractivity contribution in [3.63, 3.8) is 0 Å². The van der Waals surface area contributed by atoms with Gasteiger partial charge in [0.25, 0.3) is 10.0 Å². The number of nitrogens with one attached hydrogen (secondary N) is 1. The Morgan fingerprint density at radius 1 is 1.14 bits per heavy atom. The van der Waals surface area contributed by atoms with Crippen LogP contribution in [0.15, 0.2) is 51.8 Å². The second-order valence-corrected chi connectivity index (χ2v) is 7.11. The molecule has 0 fully saturated rings. The van der Waals surface area contributed by atoms with Crippen molar-refractivity contribution >= 4 is 31.6 Å². The number of para-hydroxylation sites is 1. The van der Waals surface area contributed by atoms with Crippen molar-refractivity contribution in [3.05, 3.63) is 58.1 Å². The van der Waals surface area contributed by atoms with E-state index in [1.54, 1.807) is 30.3 Å². The molecule has 6 heteroatoms. The number of halogens is 1. The van der Waals surface area contributed by atoms with Gasteiger partial charge in [-0.25, -0.2) is 8.42 Å². The highest BCUT2D eigenvalue weighted by Gasteiger charge is 2.16. The fourth-order valence-corrected chi connectivity index (χ4v) is 3.70. The highest BCUT2D eigenvalue weighted by molar-refractivity contribution is 9.10. The van der Waals surface area contributed by atoms with E-state index in [4.69, 9.17) is 5.73 Å². The number of rotatable bonds is 5. The van der Waals surface area contributed by atoms with Crippen LogP contribution in [0, 0.1) is 0 Å². The lowest BCUT2D eigenvalue weighted by Crippen LogP contribution is -2.14. The van der Waals surface area contributed by atoms with Crippen LogP contribution in [0.4, 0.5) is 5.69 Å². The van der Waals surface area contributed by atoms with Crippen LogP contribution in [-0.4, -0.2) is 8.42 Å². The van der Waals surface area contributed by atoms with E-state index in [-0.39, 0.29) is 4.90 Å². The number of hydrogen-bond acceptors (Lipinski definition) is 3. The summed E-state index contributed by atoms with van der Waals surface area (Å²) >= 11 is 3.33. The van der Waals surface area contributed by atoms with Gasteiger partial charge in [0.15, 0.2) is 0 Å². The van der Waals surface area contributed by atoms with Crippen LogP contribution >= 0.6 is 15.9 Å². The summed E-state index contributed by atoms with van der Waals surface area (Å²) in [6, 6.07) is 12.1. The summed E-state index contributed by atoms with van der Waals surface area (Å²) < 4.78 is 28.2. The van der Waals surface area contributed by atoms with Crippen molar-refractivity contribution in [1.82, 2.24) is 0 Å². The second kappa shape index (κ2) is 6.60. The van der Waals surface area contributed by atoms with Gasteiger partial charge in [-0.15, -0.1) is 0 Å². The molecule has 2 aromatic carbocycles. The Hall–Kier alpha value is -1.37. The predicted molar refractivity (Wildman–Crippen MR) is 88.7 cm³/mol. The van der Waals surface area contributed by atoms with Crippen LogP contribution in [0.2, 0.25) is 0 Å². The van der Waals surface area contributed by atoms with E-state index < -0.39 is 10.0 Å². The predicted octanol–water partition coefficient (Wildman–Crippen LogP) is 3.27. The number of benzene rings is 2. The summed E-state index contributed by atoms with van der Waals surface area (Å²) in [6.07, 6.45) is 0.824. The minimum absolute atomic E-state index is 0.218. The molecule has 0 aromatic heterocycles. The molecule has 0 aliphatic heterocycles. The van der Waals surface area contributed by atoms with Crippen LogP contribution in [-0.2, 0) is 23.0 Å². The molecule has 0 saturated carbocycles. The molecule has 0 unspecified atom stereocenters. The first-order valence-corrected chi connectivity index (χ1v) is 8.84. The summed E-state index contributed by atoms with van der Waals surface area (Å²) in [5.74, 6) is 0. The first-order chi connectivity index (χ1) is 9.97. The fourth-order valence-electron chi connectivity index (χ4n) is 2.05. The van der Waals surface area contributed by atoms with Gasteiger partial charge in [0, 0.05) is 11.0 Å². The quantitative estimate of drug-likeness (QED) is 0.850. The Labute approximate surface area is 133 Å². The Kier molecular flexibility index (Phi) is 5.03. The van der Waals surface area contributed by atoms with Crippen molar-refractivity contribution < 1.29 is 8.42 Å². The minimum atomic E-state index is -3.63. The molecule has 2 rings (SSSR count). The lowest BCUT2D eigenvalue weighted by atomic mass is 10.1. The van der Waals surface area contributed by atoms with Gasteiger partial charge in [-0.1, -0.05) is 25.1 Å². The van der Waals surface area contributed by atoms with E-state index in [1.165, 1.54) is 0 Å². The number of sulfonamides is 1. The van der Waals surface area contributed by atoms with Crippen LogP contribution in [0.25, 0.3) is 0 Å². The van der Waals surface area contributed by atoms with Gasteiger partial charge >= 0.3 is 0 Å². The molecule has 3 N–H and O–H groups in total. The maximum absolute atomic E-state index is 12.4. The maximum Gasteiger partial charge on any atom is 0.261 e. The van der Waals surface area contributed by atoms with Crippen molar-refractivity contribution in [2.24, 2.45) is 5.73 Å². The molecule has 4 nitrogen and oxygen atoms in total. The Morgan fingerprint density at radius 2 is 1.86 bits per heavy atom. The molecule has 0 aliphatic rings. The fraction of sp³-hybridized carbons (Fsp3) is 0.200. The zero-order chi connectivity index (χ0) is 15.5. The summed E-state index contributed by atoms with van der Waals surface area (Å²) in [6.45, 7) is 2.34. The van der Waals surface area contributed by atoms with Gasteiger partial charge < -0.3 is 5.73 Å². The largest absolute Gasteiger partial charge is 0.326 e. The summed E-state index contributed by atoms with van der Waals surface area (Å²) in [4.78, 5) is 0.218. The molecule has 0 radical (unpaired) electrons. The van der Waals surface area contributed by atoms with E-state index in [1.807, 2.05) is 19.1 Å². The van der Waals surface area contributed by atoms with Crippen LogP contribution in [0.1, 0.15) is 18.1 Å². The molecule has 0 aliphatic carbocycles. The summed E-state index contributed by atoms with van der Waals surface area (Å²) in [5, 5.41) is 0. The molecular weight excluding hydrogens is 352 g/mol. The number of anilines is 1. The molecule has 112 valence electrons. The van der Waals surface area contributed by atoms with Crippen LogP contribution in [0.5, 0.6) is 0 Å². The zero-order valence-electron chi connectivity index (χ0n) is 11.6. The van der Waals surface area contributed by atoms with Crippen molar-refractivity contribution in [1.29, 1.82) is 0 Å². The lowest BCUT2D eigenvalue weighted by Gasteiger charge is -2.12. The molecule has 0 amide bonds. The van der Waals surface area contributed by atoms with Crippen LogP contribution in [0.3, 0.4) is 0 Å². The standard InChI is InChI=1S/C15H17BrN2O2S/c1-2-11-7-8-13(9-12(11)10-17)21(19,20)18-15-6-4-3-5-14(15)16/h3-9,18H,2,10,17H2,1H3. The van der Waals surface area contributed by atoms with Gasteiger partial charge in [-0.05, 0) is 57.7 Å². The molecule has 0 bridgehead atoms. The molecule has 21 heavy (non-hydrogen) atoms. The number of hydrogen-bond donors (Lipinski definition) is 2.